The maximum absolute atomic E-state index is 9.29. The van der Waals surface area contributed by atoms with Crippen LogP contribution in [-0.4, -0.2) is 13.2 Å². The smallest absolute Gasteiger partial charge is 0.0713 e. The van der Waals surface area contributed by atoms with E-state index in [2.05, 4.69) is 35.7 Å². The van der Waals surface area contributed by atoms with Crippen molar-refractivity contribution in [3.05, 3.63) is 35.4 Å². The van der Waals surface area contributed by atoms with Crippen LogP contribution < -0.4 is 5.32 Å². The van der Waals surface area contributed by atoms with Crippen molar-refractivity contribution in [2.24, 2.45) is 5.92 Å². The highest BCUT2D eigenvalue weighted by Gasteiger charge is 2.22. The van der Waals surface area contributed by atoms with Gasteiger partial charge in [0.15, 0.2) is 0 Å². The van der Waals surface area contributed by atoms with Crippen molar-refractivity contribution < 1.29 is 4.74 Å². The van der Waals surface area contributed by atoms with Gasteiger partial charge >= 0.3 is 0 Å². The Morgan fingerprint density at radius 3 is 2.85 bits per heavy atom. The summed E-state index contributed by atoms with van der Waals surface area (Å²) in [5.74, 6) is 0.166. The fourth-order valence-electron chi connectivity index (χ4n) is 2.95. The third kappa shape index (κ3) is 4.33. The van der Waals surface area contributed by atoms with Gasteiger partial charge in [0.1, 0.15) is 0 Å². The van der Waals surface area contributed by atoms with Crippen molar-refractivity contribution in [3.8, 4) is 6.07 Å². The molecule has 0 saturated heterocycles. The van der Waals surface area contributed by atoms with Crippen molar-refractivity contribution in [2.75, 3.05) is 7.11 Å². The van der Waals surface area contributed by atoms with Crippen LogP contribution in [0.15, 0.2) is 24.3 Å². The molecule has 1 saturated carbocycles. The lowest BCUT2D eigenvalue weighted by Crippen LogP contribution is -2.34. The van der Waals surface area contributed by atoms with Crippen LogP contribution in [0.1, 0.15) is 43.2 Å². The lowest BCUT2D eigenvalue weighted by Gasteiger charge is -2.21. The number of ether oxygens (including phenoxy) is 1. The number of nitrogens with zero attached hydrogens (tertiary/aromatic N) is 1. The van der Waals surface area contributed by atoms with Gasteiger partial charge in [-0.05, 0) is 24.0 Å². The minimum atomic E-state index is 0.166. The maximum atomic E-state index is 9.29. The first kappa shape index (κ1) is 15.0. The molecule has 0 spiro atoms. The summed E-state index contributed by atoms with van der Waals surface area (Å²) in [4.78, 5) is 0. The Morgan fingerprint density at radius 2 is 2.05 bits per heavy atom. The Hall–Kier alpha value is -1.37. The molecule has 20 heavy (non-hydrogen) atoms. The standard InChI is InChI=1S/C17H24N2O/c1-20-13-15-7-5-6-14(10-15)12-19-17-9-4-2-3-8-16(17)11-18/h5-7,10,16-17,19H,2-4,8-9,12-13H2,1H3. The van der Waals surface area contributed by atoms with Crippen molar-refractivity contribution >= 4 is 0 Å². The Bertz CT molecular complexity index is 453. The molecule has 1 aromatic carbocycles. The molecule has 0 radical (unpaired) electrons. The Labute approximate surface area is 121 Å². The second-order valence-corrected chi connectivity index (χ2v) is 5.61. The van der Waals surface area contributed by atoms with Gasteiger partial charge in [-0.1, -0.05) is 43.5 Å². The summed E-state index contributed by atoms with van der Waals surface area (Å²) in [6.45, 7) is 1.48. The van der Waals surface area contributed by atoms with Crippen LogP contribution in [0, 0.1) is 17.2 Å². The van der Waals surface area contributed by atoms with Gasteiger partial charge in [0.05, 0.1) is 18.6 Å². The quantitative estimate of drug-likeness (QED) is 0.836. The summed E-state index contributed by atoms with van der Waals surface area (Å²) < 4.78 is 5.16. The summed E-state index contributed by atoms with van der Waals surface area (Å²) in [7, 11) is 1.72. The number of rotatable bonds is 5. The molecule has 3 nitrogen and oxygen atoms in total. The third-order valence-electron chi connectivity index (χ3n) is 4.05. The SMILES string of the molecule is COCc1cccc(CNC2CCCCCC2C#N)c1. The lowest BCUT2D eigenvalue weighted by atomic mass is 9.96. The predicted molar refractivity (Wildman–Crippen MR) is 80.0 cm³/mol. The number of hydrogen-bond acceptors (Lipinski definition) is 3. The molecular weight excluding hydrogens is 248 g/mol. The maximum Gasteiger partial charge on any atom is 0.0713 e. The van der Waals surface area contributed by atoms with Gasteiger partial charge in [-0.3, -0.25) is 0 Å². The molecule has 108 valence electrons. The molecule has 0 heterocycles. The van der Waals surface area contributed by atoms with Gasteiger partial charge in [-0.2, -0.15) is 5.26 Å². The average molecular weight is 272 g/mol. The Kier molecular flexibility index (Phi) is 6.04. The van der Waals surface area contributed by atoms with Gasteiger partial charge in [0.25, 0.3) is 0 Å². The van der Waals surface area contributed by atoms with Crippen LogP contribution in [0.5, 0.6) is 0 Å². The number of nitrogens with one attached hydrogen (secondary N) is 1. The summed E-state index contributed by atoms with van der Waals surface area (Å²) in [6, 6.07) is 11.3. The normalized spacial score (nSPS) is 23.0. The summed E-state index contributed by atoms with van der Waals surface area (Å²) >= 11 is 0. The zero-order chi connectivity index (χ0) is 14.2. The van der Waals surface area contributed by atoms with Crippen LogP contribution >= 0.6 is 0 Å². The van der Waals surface area contributed by atoms with Gasteiger partial charge in [0.2, 0.25) is 0 Å². The second kappa shape index (κ2) is 8.04. The van der Waals surface area contributed by atoms with E-state index in [1.54, 1.807) is 7.11 Å². The molecule has 0 bridgehead atoms. The van der Waals surface area contributed by atoms with Gasteiger partial charge < -0.3 is 10.1 Å². The third-order valence-corrected chi connectivity index (χ3v) is 4.05. The van der Waals surface area contributed by atoms with Crippen LogP contribution in [0.4, 0.5) is 0 Å². The lowest BCUT2D eigenvalue weighted by molar-refractivity contribution is 0.185. The summed E-state index contributed by atoms with van der Waals surface area (Å²) in [5.41, 5.74) is 2.46. The molecule has 1 aromatic rings. The number of benzene rings is 1. The number of hydrogen-bond donors (Lipinski definition) is 1. The molecular formula is C17H24N2O. The van der Waals surface area contributed by atoms with E-state index in [1.807, 2.05) is 0 Å². The van der Waals surface area contributed by atoms with Crippen LogP contribution in [0.3, 0.4) is 0 Å². The number of nitriles is 1. The van der Waals surface area contributed by atoms with Gasteiger partial charge in [0, 0.05) is 19.7 Å². The average Bonchev–Trinajstić information content (AvgIpc) is 2.70. The van der Waals surface area contributed by atoms with E-state index < -0.39 is 0 Å². The van der Waals surface area contributed by atoms with E-state index in [0.717, 1.165) is 19.4 Å². The van der Waals surface area contributed by atoms with E-state index in [0.29, 0.717) is 12.6 Å². The summed E-state index contributed by atoms with van der Waals surface area (Å²) in [5, 5.41) is 12.9. The fourth-order valence-corrected chi connectivity index (χ4v) is 2.95. The van der Waals surface area contributed by atoms with Crippen molar-refractivity contribution in [1.82, 2.24) is 5.32 Å². The Morgan fingerprint density at radius 1 is 1.25 bits per heavy atom. The molecule has 1 fully saturated rings. The van der Waals surface area contributed by atoms with E-state index >= 15 is 0 Å². The molecule has 2 rings (SSSR count). The first-order valence-corrected chi connectivity index (χ1v) is 7.53. The Balaban J connectivity index is 1.93. The monoisotopic (exact) mass is 272 g/mol. The molecule has 1 aliphatic carbocycles. The van der Waals surface area contributed by atoms with Crippen LogP contribution in [0.25, 0.3) is 0 Å². The second-order valence-electron chi connectivity index (χ2n) is 5.61. The molecule has 2 atom stereocenters. The minimum Gasteiger partial charge on any atom is -0.380 e. The predicted octanol–water partition coefficient (Wildman–Crippen LogP) is 3.40. The molecule has 2 unspecified atom stereocenters. The first-order valence-electron chi connectivity index (χ1n) is 7.53. The number of methoxy groups -OCH3 is 1. The molecule has 0 aliphatic heterocycles. The molecule has 0 aromatic heterocycles. The topological polar surface area (TPSA) is 45.0 Å². The molecule has 0 amide bonds. The zero-order valence-corrected chi connectivity index (χ0v) is 12.3. The van der Waals surface area contributed by atoms with Gasteiger partial charge in [-0.15, -0.1) is 0 Å². The fraction of sp³-hybridized carbons (Fsp3) is 0.588. The highest BCUT2D eigenvalue weighted by Crippen LogP contribution is 2.23. The minimum absolute atomic E-state index is 0.166. The van der Waals surface area contributed by atoms with Crippen molar-refractivity contribution in [1.29, 1.82) is 5.26 Å². The molecule has 1 aliphatic rings. The van der Waals surface area contributed by atoms with Crippen LogP contribution in [0.2, 0.25) is 0 Å². The van der Waals surface area contributed by atoms with Crippen molar-refractivity contribution in [2.45, 2.75) is 51.3 Å². The highest BCUT2D eigenvalue weighted by atomic mass is 16.5. The molecule has 1 N–H and O–H groups in total. The largest absolute Gasteiger partial charge is 0.380 e. The van der Waals surface area contributed by atoms with E-state index in [1.165, 1.54) is 30.4 Å². The van der Waals surface area contributed by atoms with E-state index in [4.69, 9.17) is 4.74 Å². The van der Waals surface area contributed by atoms with Gasteiger partial charge in [-0.25, -0.2) is 0 Å². The van der Waals surface area contributed by atoms with E-state index in [9.17, 15) is 5.26 Å². The molecule has 3 heteroatoms. The summed E-state index contributed by atoms with van der Waals surface area (Å²) in [6.07, 6.45) is 5.85. The zero-order valence-electron chi connectivity index (χ0n) is 12.3. The van der Waals surface area contributed by atoms with Crippen molar-refractivity contribution in [3.63, 3.8) is 0 Å². The van der Waals surface area contributed by atoms with Crippen LogP contribution in [-0.2, 0) is 17.9 Å². The first-order chi connectivity index (χ1) is 9.83. The highest BCUT2D eigenvalue weighted by molar-refractivity contribution is 5.23. The van der Waals surface area contributed by atoms with E-state index in [-0.39, 0.29) is 5.92 Å².